The second kappa shape index (κ2) is 7.60. The predicted octanol–water partition coefficient (Wildman–Crippen LogP) is 2.47. The molecule has 29 heavy (non-hydrogen) atoms. The Morgan fingerprint density at radius 1 is 1.14 bits per heavy atom. The molecule has 2 aliphatic heterocycles. The molecule has 3 amide bonds. The van der Waals surface area contributed by atoms with Crippen molar-refractivity contribution in [3.63, 3.8) is 0 Å². The topological polar surface area (TPSA) is 88.2 Å². The number of anilines is 1. The third-order valence-corrected chi connectivity index (χ3v) is 6.82. The van der Waals surface area contributed by atoms with Crippen molar-refractivity contribution in [2.24, 2.45) is 5.92 Å². The molecular weight excluding hydrogens is 394 g/mol. The quantitative estimate of drug-likeness (QED) is 0.758. The SMILES string of the molecule is COC(=O)c1c(NC(=O)N2CCN(C(=O)C3CC3)CC2)sc2c1CC(C)(C)OC2. The van der Waals surface area contributed by atoms with Crippen molar-refractivity contribution >= 4 is 34.2 Å². The first-order valence-corrected chi connectivity index (χ1v) is 10.8. The molecular formula is C20H27N3O5S. The number of urea groups is 1. The summed E-state index contributed by atoms with van der Waals surface area (Å²) in [6.45, 7) is 6.45. The second-order valence-corrected chi connectivity index (χ2v) is 9.55. The highest BCUT2D eigenvalue weighted by Gasteiger charge is 2.37. The summed E-state index contributed by atoms with van der Waals surface area (Å²) in [5.74, 6) is -0.0381. The highest BCUT2D eigenvalue weighted by atomic mass is 32.1. The fourth-order valence-electron chi connectivity index (χ4n) is 3.85. The zero-order valence-electron chi connectivity index (χ0n) is 17.1. The molecule has 9 heteroatoms. The van der Waals surface area contributed by atoms with Crippen LogP contribution in [0.1, 0.15) is 47.5 Å². The number of ether oxygens (including phenoxy) is 2. The Kier molecular flexibility index (Phi) is 5.29. The molecule has 1 saturated carbocycles. The van der Waals surface area contributed by atoms with E-state index in [4.69, 9.17) is 9.47 Å². The lowest BCUT2D eigenvalue weighted by Crippen LogP contribution is -2.52. The van der Waals surface area contributed by atoms with Crippen LogP contribution in [0.5, 0.6) is 0 Å². The summed E-state index contributed by atoms with van der Waals surface area (Å²) in [4.78, 5) is 42.0. The minimum Gasteiger partial charge on any atom is -0.465 e. The molecule has 3 heterocycles. The van der Waals surface area contributed by atoms with Crippen LogP contribution in [-0.4, -0.2) is 66.6 Å². The van der Waals surface area contributed by atoms with Crippen molar-refractivity contribution in [2.45, 2.75) is 45.3 Å². The second-order valence-electron chi connectivity index (χ2n) is 8.44. The maximum absolute atomic E-state index is 12.8. The van der Waals surface area contributed by atoms with Gasteiger partial charge in [-0.15, -0.1) is 11.3 Å². The smallest absolute Gasteiger partial charge is 0.341 e. The van der Waals surface area contributed by atoms with E-state index in [0.717, 1.165) is 23.3 Å². The van der Waals surface area contributed by atoms with Gasteiger partial charge in [-0.05, 0) is 32.3 Å². The van der Waals surface area contributed by atoms with Gasteiger partial charge in [0.15, 0.2) is 0 Å². The van der Waals surface area contributed by atoms with Crippen molar-refractivity contribution in [2.75, 3.05) is 38.6 Å². The summed E-state index contributed by atoms with van der Waals surface area (Å²) in [5, 5.41) is 3.41. The lowest BCUT2D eigenvalue weighted by atomic mass is 9.93. The third kappa shape index (κ3) is 4.11. The number of fused-ring (bicyclic) bond motifs is 1. The van der Waals surface area contributed by atoms with Crippen molar-refractivity contribution in [3.8, 4) is 0 Å². The molecule has 0 bridgehead atoms. The van der Waals surface area contributed by atoms with Gasteiger partial charge in [0.2, 0.25) is 5.91 Å². The molecule has 158 valence electrons. The van der Waals surface area contributed by atoms with Gasteiger partial charge in [-0.2, -0.15) is 0 Å². The molecule has 0 spiro atoms. The maximum atomic E-state index is 12.8. The summed E-state index contributed by atoms with van der Waals surface area (Å²) < 4.78 is 10.8. The summed E-state index contributed by atoms with van der Waals surface area (Å²) in [5.41, 5.74) is 0.954. The summed E-state index contributed by atoms with van der Waals surface area (Å²) in [6, 6.07) is -0.257. The van der Waals surface area contributed by atoms with Gasteiger partial charge in [0.05, 0.1) is 24.9 Å². The van der Waals surface area contributed by atoms with E-state index in [2.05, 4.69) is 5.32 Å². The molecule has 0 radical (unpaired) electrons. The number of amides is 3. The van der Waals surface area contributed by atoms with Crippen LogP contribution in [0.3, 0.4) is 0 Å². The molecule has 2 fully saturated rings. The number of nitrogens with zero attached hydrogens (tertiary/aromatic N) is 2. The van der Waals surface area contributed by atoms with Crippen LogP contribution in [0.2, 0.25) is 0 Å². The lowest BCUT2D eigenvalue weighted by molar-refractivity contribution is -0.133. The average molecular weight is 422 g/mol. The number of rotatable bonds is 3. The number of carbonyl (C=O) groups is 3. The largest absolute Gasteiger partial charge is 0.465 e. The molecule has 1 N–H and O–H groups in total. The van der Waals surface area contributed by atoms with E-state index in [1.54, 1.807) is 4.90 Å². The third-order valence-electron chi connectivity index (χ3n) is 5.70. The van der Waals surface area contributed by atoms with Crippen molar-refractivity contribution in [1.29, 1.82) is 0 Å². The first-order chi connectivity index (χ1) is 13.8. The zero-order chi connectivity index (χ0) is 20.8. The van der Waals surface area contributed by atoms with Gasteiger partial charge in [-0.1, -0.05) is 0 Å². The van der Waals surface area contributed by atoms with E-state index in [-0.39, 0.29) is 23.5 Å². The van der Waals surface area contributed by atoms with E-state index in [1.165, 1.54) is 18.4 Å². The molecule has 0 aromatic carbocycles. The van der Waals surface area contributed by atoms with Gasteiger partial charge in [-0.25, -0.2) is 9.59 Å². The van der Waals surface area contributed by atoms with E-state index in [0.29, 0.717) is 49.8 Å². The molecule has 1 aromatic heterocycles. The van der Waals surface area contributed by atoms with Crippen LogP contribution in [0.15, 0.2) is 0 Å². The maximum Gasteiger partial charge on any atom is 0.341 e. The van der Waals surface area contributed by atoms with Crippen molar-refractivity contribution in [1.82, 2.24) is 9.80 Å². The molecule has 8 nitrogen and oxygen atoms in total. The molecule has 0 unspecified atom stereocenters. The molecule has 3 aliphatic rings. The molecule has 1 aliphatic carbocycles. The summed E-state index contributed by atoms with van der Waals surface area (Å²) >= 11 is 1.37. The summed E-state index contributed by atoms with van der Waals surface area (Å²) in [7, 11) is 1.35. The van der Waals surface area contributed by atoms with E-state index in [1.807, 2.05) is 18.7 Å². The van der Waals surface area contributed by atoms with Crippen LogP contribution < -0.4 is 5.32 Å². The number of methoxy groups -OCH3 is 1. The van der Waals surface area contributed by atoms with Crippen LogP contribution >= 0.6 is 11.3 Å². The highest BCUT2D eigenvalue weighted by Crippen LogP contribution is 2.41. The normalized spacial score (nSPS) is 20.8. The Hall–Kier alpha value is -2.13. The van der Waals surface area contributed by atoms with Gasteiger partial charge in [0, 0.05) is 43.4 Å². The molecule has 0 atom stereocenters. The number of piperazine rings is 1. The van der Waals surface area contributed by atoms with Crippen LogP contribution in [0.4, 0.5) is 9.80 Å². The Labute approximate surface area is 174 Å². The molecule has 1 saturated heterocycles. The lowest BCUT2D eigenvalue weighted by Gasteiger charge is -2.34. The number of carbonyl (C=O) groups excluding carboxylic acids is 3. The van der Waals surface area contributed by atoms with Crippen molar-refractivity contribution in [3.05, 3.63) is 16.0 Å². The van der Waals surface area contributed by atoms with Crippen LogP contribution in [-0.2, 0) is 27.3 Å². The Morgan fingerprint density at radius 3 is 2.41 bits per heavy atom. The fraction of sp³-hybridized carbons (Fsp3) is 0.650. The Morgan fingerprint density at radius 2 is 1.79 bits per heavy atom. The van der Waals surface area contributed by atoms with Crippen LogP contribution in [0, 0.1) is 5.92 Å². The number of esters is 1. The standard InChI is InChI=1S/C20H27N3O5S/c1-20(2)10-13-14(11-28-20)29-16(15(13)18(25)27-3)21-19(26)23-8-6-22(7-9-23)17(24)12-4-5-12/h12H,4-11H2,1-3H3,(H,21,26). The number of nitrogens with one attached hydrogen (secondary N) is 1. The van der Waals surface area contributed by atoms with Gasteiger partial charge < -0.3 is 19.3 Å². The zero-order valence-corrected chi connectivity index (χ0v) is 17.9. The summed E-state index contributed by atoms with van der Waals surface area (Å²) in [6.07, 6.45) is 2.56. The van der Waals surface area contributed by atoms with Gasteiger partial charge in [0.1, 0.15) is 5.00 Å². The van der Waals surface area contributed by atoms with Gasteiger partial charge >= 0.3 is 12.0 Å². The van der Waals surface area contributed by atoms with E-state index < -0.39 is 5.97 Å². The minimum atomic E-state index is -0.449. The van der Waals surface area contributed by atoms with Gasteiger partial charge in [-0.3, -0.25) is 10.1 Å². The van der Waals surface area contributed by atoms with E-state index in [9.17, 15) is 14.4 Å². The van der Waals surface area contributed by atoms with E-state index >= 15 is 0 Å². The molecule has 4 rings (SSSR count). The number of hydrogen-bond donors (Lipinski definition) is 1. The molecule has 1 aromatic rings. The Bertz CT molecular complexity index is 837. The van der Waals surface area contributed by atoms with Crippen LogP contribution in [0.25, 0.3) is 0 Å². The van der Waals surface area contributed by atoms with Gasteiger partial charge in [0.25, 0.3) is 0 Å². The predicted molar refractivity (Wildman–Crippen MR) is 108 cm³/mol. The number of thiophene rings is 1. The first kappa shape index (κ1) is 20.2. The fourth-order valence-corrected chi connectivity index (χ4v) is 4.96. The number of hydrogen-bond acceptors (Lipinski definition) is 6. The van der Waals surface area contributed by atoms with Crippen molar-refractivity contribution < 1.29 is 23.9 Å². The Balaban J connectivity index is 1.46. The minimum absolute atomic E-state index is 0.196. The first-order valence-electron chi connectivity index (χ1n) is 10.0. The highest BCUT2D eigenvalue weighted by molar-refractivity contribution is 7.17. The average Bonchev–Trinajstić information content (AvgIpc) is 3.49. The monoisotopic (exact) mass is 421 g/mol.